The topological polar surface area (TPSA) is 106 Å². The first-order chi connectivity index (χ1) is 19.5. The molecule has 0 unspecified atom stereocenters. The number of hydrogen-bond donors (Lipinski definition) is 3. The van der Waals surface area contributed by atoms with Crippen molar-refractivity contribution < 1.29 is 28.9 Å². The largest absolute Gasteiger partial charge is 0.493 e. The minimum Gasteiger partial charge on any atom is -0.493 e. The maximum absolute atomic E-state index is 13.1. The molecule has 0 bridgehead atoms. The number of para-hydroxylation sites is 1. The molecule has 2 amide bonds. The molecule has 212 valence electrons. The van der Waals surface area contributed by atoms with Crippen LogP contribution in [0.2, 0.25) is 0 Å². The number of nitrogens with one attached hydrogen (secondary N) is 2. The van der Waals surface area contributed by atoms with E-state index in [0.29, 0.717) is 45.5 Å². The van der Waals surface area contributed by atoms with Crippen molar-refractivity contribution in [3.05, 3.63) is 95.6 Å². The highest BCUT2D eigenvalue weighted by Crippen LogP contribution is 2.41. The molecule has 0 radical (unpaired) electrons. The summed E-state index contributed by atoms with van der Waals surface area (Å²) in [6.07, 6.45) is 0. The van der Waals surface area contributed by atoms with Gasteiger partial charge < -0.3 is 30.0 Å². The summed E-state index contributed by atoms with van der Waals surface area (Å²) in [5.74, 6) is 0.572. The van der Waals surface area contributed by atoms with Gasteiger partial charge in [0.15, 0.2) is 17.2 Å². The Morgan fingerprint density at radius 1 is 0.756 bits per heavy atom. The van der Waals surface area contributed by atoms with Crippen LogP contribution in [0.25, 0.3) is 11.1 Å². The number of hydrogen-bond acceptors (Lipinski definition) is 5. The lowest BCUT2D eigenvalue weighted by atomic mass is 9.86. The van der Waals surface area contributed by atoms with Crippen LogP contribution in [0.15, 0.2) is 78.9 Å². The first-order valence-corrected chi connectivity index (χ1v) is 13.1. The molecule has 0 aliphatic heterocycles. The van der Waals surface area contributed by atoms with Gasteiger partial charge in [0.05, 0.1) is 25.5 Å². The highest BCUT2D eigenvalue weighted by atomic mass is 16.5. The number of carboxylic acid groups (broad SMARTS) is 1. The normalized spacial score (nSPS) is 11.0. The summed E-state index contributed by atoms with van der Waals surface area (Å²) >= 11 is 0. The van der Waals surface area contributed by atoms with Gasteiger partial charge in [-0.3, -0.25) is 0 Å². The van der Waals surface area contributed by atoms with Crippen LogP contribution < -0.4 is 24.8 Å². The summed E-state index contributed by atoms with van der Waals surface area (Å²) in [6, 6.07) is 22.8. The van der Waals surface area contributed by atoms with Crippen molar-refractivity contribution in [1.82, 2.24) is 0 Å². The molecule has 0 spiro atoms. The van der Waals surface area contributed by atoms with Crippen LogP contribution in [-0.4, -0.2) is 31.3 Å². The van der Waals surface area contributed by atoms with Gasteiger partial charge in [0.25, 0.3) is 0 Å². The average molecular weight is 555 g/mol. The molecule has 0 aromatic heterocycles. The first kappa shape index (κ1) is 29.0. The van der Waals surface area contributed by atoms with Gasteiger partial charge in [0.1, 0.15) is 5.75 Å². The molecule has 8 nitrogen and oxygen atoms in total. The van der Waals surface area contributed by atoms with Crippen molar-refractivity contribution in [2.75, 3.05) is 24.9 Å². The number of rotatable bonds is 8. The molecule has 0 aliphatic carbocycles. The lowest BCUT2D eigenvalue weighted by Gasteiger charge is -2.23. The monoisotopic (exact) mass is 554 g/mol. The number of amides is 2. The van der Waals surface area contributed by atoms with E-state index in [4.69, 9.17) is 14.2 Å². The van der Waals surface area contributed by atoms with Gasteiger partial charge in [-0.15, -0.1) is 0 Å². The molecule has 8 heteroatoms. The minimum absolute atomic E-state index is 0.0180. The van der Waals surface area contributed by atoms with Crippen molar-refractivity contribution in [3.8, 4) is 34.1 Å². The number of methoxy groups -OCH3 is 2. The first-order valence-electron chi connectivity index (χ1n) is 13.1. The molecule has 4 rings (SSSR count). The maximum atomic E-state index is 13.1. The van der Waals surface area contributed by atoms with Crippen LogP contribution in [-0.2, 0) is 5.41 Å². The average Bonchev–Trinajstić information content (AvgIpc) is 2.94. The fraction of sp³-hybridized carbons (Fsp3) is 0.212. The summed E-state index contributed by atoms with van der Waals surface area (Å²) < 4.78 is 17.1. The molecule has 0 atom stereocenters. The van der Waals surface area contributed by atoms with E-state index in [1.807, 2.05) is 55.5 Å². The van der Waals surface area contributed by atoms with E-state index in [1.54, 1.807) is 24.3 Å². The molecule has 3 N–H and O–H groups in total. The van der Waals surface area contributed by atoms with Crippen LogP contribution in [0, 0.1) is 6.92 Å². The van der Waals surface area contributed by atoms with Crippen molar-refractivity contribution in [1.29, 1.82) is 0 Å². The molecule has 4 aromatic rings. The molecule has 0 saturated heterocycles. The van der Waals surface area contributed by atoms with E-state index >= 15 is 0 Å². The smallest absolute Gasteiger partial charge is 0.336 e. The summed E-state index contributed by atoms with van der Waals surface area (Å²) in [6.45, 7) is 8.25. The van der Waals surface area contributed by atoms with Crippen molar-refractivity contribution in [2.24, 2.45) is 0 Å². The molecule has 4 aromatic carbocycles. The standard InChI is InChI=1S/C33H34N2O6/c1-20-11-14-22(15-12-20)34-32(38)35-26-17-21(23-18-29(39-5)30(40-6)19-24(23)31(36)37)13-16-28(26)41-27-10-8-7-9-25(27)33(2,3)4/h7-19H,1-6H3,(H,36,37)(H2,34,35,38). The number of carbonyl (C=O) groups excluding carboxylic acids is 1. The second kappa shape index (κ2) is 12.0. The summed E-state index contributed by atoms with van der Waals surface area (Å²) in [7, 11) is 2.92. The van der Waals surface area contributed by atoms with Crippen LogP contribution >= 0.6 is 0 Å². The summed E-state index contributed by atoms with van der Waals surface area (Å²) in [4.78, 5) is 25.3. The Labute approximate surface area is 239 Å². The molecular formula is C33H34N2O6. The molecular weight excluding hydrogens is 520 g/mol. The van der Waals surface area contributed by atoms with Crippen LogP contribution in [0.4, 0.5) is 16.2 Å². The second-order valence-corrected chi connectivity index (χ2v) is 10.6. The van der Waals surface area contributed by atoms with E-state index < -0.39 is 12.0 Å². The summed E-state index contributed by atoms with van der Waals surface area (Å²) in [5.41, 5.74) is 3.78. The van der Waals surface area contributed by atoms with E-state index in [1.165, 1.54) is 20.3 Å². The van der Waals surface area contributed by atoms with Crippen molar-refractivity contribution >= 4 is 23.4 Å². The molecule has 0 fully saturated rings. The Hall–Kier alpha value is -4.98. The zero-order valence-corrected chi connectivity index (χ0v) is 24.0. The predicted octanol–water partition coefficient (Wildman–Crippen LogP) is 8.11. The zero-order chi connectivity index (χ0) is 29.7. The van der Waals surface area contributed by atoms with E-state index in [0.717, 1.165) is 11.1 Å². The number of aromatic carboxylic acids is 1. The van der Waals surface area contributed by atoms with Crippen LogP contribution in [0.1, 0.15) is 42.3 Å². The number of urea groups is 1. The van der Waals surface area contributed by atoms with Crippen LogP contribution in [0.5, 0.6) is 23.0 Å². The Kier molecular flexibility index (Phi) is 8.52. The van der Waals surface area contributed by atoms with Crippen molar-refractivity contribution in [2.45, 2.75) is 33.1 Å². The SMILES string of the molecule is COc1cc(C(=O)O)c(-c2ccc(Oc3ccccc3C(C)(C)C)c(NC(=O)Nc3ccc(C)cc3)c2)cc1OC. The fourth-order valence-corrected chi connectivity index (χ4v) is 4.39. The molecule has 41 heavy (non-hydrogen) atoms. The minimum atomic E-state index is -1.13. The maximum Gasteiger partial charge on any atom is 0.336 e. The number of ether oxygens (including phenoxy) is 3. The quantitative estimate of drug-likeness (QED) is 0.203. The van der Waals surface area contributed by atoms with Gasteiger partial charge in [-0.25, -0.2) is 9.59 Å². The Morgan fingerprint density at radius 3 is 2.05 bits per heavy atom. The molecule has 0 aliphatic rings. The van der Waals surface area contributed by atoms with Crippen LogP contribution in [0.3, 0.4) is 0 Å². The Morgan fingerprint density at radius 2 is 1.41 bits per heavy atom. The van der Waals surface area contributed by atoms with Gasteiger partial charge in [-0.05, 0) is 60.4 Å². The number of benzene rings is 4. The third-order valence-corrected chi connectivity index (χ3v) is 6.52. The van der Waals surface area contributed by atoms with Gasteiger partial charge >= 0.3 is 12.0 Å². The lowest BCUT2D eigenvalue weighted by molar-refractivity contribution is 0.0697. The lowest BCUT2D eigenvalue weighted by Crippen LogP contribution is -2.20. The van der Waals surface area contributed by atoms with E-state index in [-0.39, 0.29) is 11.0 Å². The van der Waals surface area contributed by atoms with Gasteiger partial charge in [-0.1, -0.05) is 62.7 Å². The number of carbonyl (C=O) groups is 2. The third kappa shape index (κ3) is 6.78. The zero-order valence-electron chi connectivity index (χ0n) is 24.0. The molecule has 0 heterocycles. The Bertz CT molecular complexity index is 1570. The number of anilines is 2. The van der Waals surface area contributed by atoms with Gasteiger partial charge in [0.2, 0.25) is 0 Å². The second-order valence-electron chi connectivity index (χ2n) is 10.6. The predicted molar refractivity (Wildman–Crippen MR) is 161 cm³/mol. The highest BCUT2D eigenvalue weighted by Gasteiger charge is 2.22. The van der Waals surface area contributed by atoms with Crippen molar-refractivity contribution in [3.63, 3.8) is 0 Å². The summed E-state index contributed by atoms with van der Waals surface area (Å²) in [5, 5.41) is 15.7. The number of aryl methyl sites for hydroxylation is 1. The van der Waals surface area contributed by atoms with E-state index in [9.17, 15) is 14.7 Å². The van der Waals surface area contributed by atoms with E-state index in [2.05, 4.69) is 31.4 Å². The van der Waals surface area contributed by atoms with Gasteiger partial charge in [0, 0.05) is 16.8 Å². The highest BCUT2D eigenvalue weighted by molar-refractivity contribution is 6.02. The fourth-order valence-electron chi connectivity index (χ4n) is 4.39. The number of carboxylic acids is 1. The third-order valence-electron chi connectivity index (χ3n) is 6.52. The van der Waals surface area contributed by atoms with Gasteiger partial charge in [-0.2, -0.15) is 0 Å². The Balaban J connectivity index is 1.80. The molecule has 0 saturated carbocycles.